The van der Waals surface area contributed by atoms with Crippen LogP contribution in [0, 0.1) is 5.92 Å². The van der Waals surface area contributed by atoms with E-state index in [0.29, 0.717) is 6.54 Å². The van der Waals surface area contributed by atoms with Gasteiger partial charge in [0.15, 0.2) is 0 Å². The van der Waals surface area contributed by atoms with E-state index in [1.807, 2.05) is 11.9 Å². The largest absolute Gasteiger partial charge is 0.347 e. The van der Waals surface area contributed by atoms with Gasteiger partial charge >= 0.3 is 0 Å². The summed E-state index contributed by atoms with van der Waals surface area (Å²) in [6.45, 7) is 0.586. The normalized spacial score (nSPS) is 18.1. The lowest BCUT2D eigenvalue weighted by molar-refractivity contribution is -0.135. The van der Waals surface area contributed by atoms with Crippen LogP contribution in [-0.4, -0.2) is 27.8 Å². The van der Waals surface area contributed by atoms with Crippen molar-refractivity contribution in [2.75, 3.05) is 7.05 Å². The van der Waals surface area contributed by atoms with Gasteiger partial charge in [0.25, 0.3) is 0 Å². The maximum Gasteiger partial charge on any atom is 0.225 e. The highest BCUT2D eigenvalue weighted by molar-refractivity contribution is 5.78. The van der Waals surface area contributed by atoms with E-state index in [1.165, 1.54) is 32.1 Å². The second kappa shape index (κ2) is 6.57. The van der Waals surface area contributed by atoms with Crippen molar-refractivity contribution in [2.45, 2.75) is 51.5 Å². The second-order valence-corrected chi connectivity index (χ2v) is 5.27. The first kappa shape index (κ1) is 13.1. The molecule has 0 aromatic carbocycles. The molecule has 1 aromatic heterocycles. The molecule has 1 aliphatic rings. The number of aromatic amines is 1. The minimum atomic E-state index is 0.227. The molecule has 2 rings (SSSR count). The molecule has 1 heterocycles. The van der Waals surface area contributed by atoms with Gasteiger partial charge in [0.2, 0.25) is 5.91 Å². The molecule has 100 valence electrons. The summed E-state index contributed by atoms with van der Waals surface area (Å²) in [4.78, 5) is 21.4. The van der Waals surface area contributed by atoms with Gasteiger partial charge in [-0.2, -0.15) is 0 Å². The number of carbonyl (C=O) groups excluding carboxylic acids is 1. The van der Waals surface area contributed by atoms with Gasteiger partial charge in [-0.1, -0.05) is 32.1 Å². The fraction of sp³-hybridized carbons (Fsp3) is 0.714. The van der Waals surface area contributed by atoms with Crippen molar-refractivity contribution in [2.24, 2.45) is 5.92 Å². The van der Waals surface area contributed by atoms with Gasteiger partial charge in [-0.15, -0.1) is 0 Å². The van der Waals surface area contributed by atoms with Gasteiger partial charge in [0.1, 0.15) is 5.82 Å². The number of carbonyl (C=O) groups is 1. The Bertz CT molecular complexity index is 353. The minimum Gasteiger partial charge on any atom is -0.347 e. The summed E-state index contributed by atoms with van der Waals surface area (Å²) in [6.07, 6.45) is 11.9. The van der Waals surface area contributed by atoms with Crippen LogP contribution in [0.25, 0.3) is 0 Å². The van der Waals surface area contributed by atoms with Gasteiger partial charge in [0, 0.05) is 25.4 Å². The van der Waals surface area contributed by atoms with Crippen LogP contribution in [0.3, 0.4) is 0 Å². The Labute approximate surface area is 109 Å². The molecule has 4 heteroatoms. The van der Waals surface area contributed by atoms with Crippen LogP contribution in [0.4, 0.5) is 0 Å². The van der Waals surface area contributed by atoms with E-state index in [-0.39, 0.29) is 11.8 Å². The summed E-state index contributed by atoms with van der Waals surface area (Å²) < 4.78 is 0. The Morgan fingerprint density at radius 2 is 2.00 bits per heavy atom. The van der Waals surface area contributed by atoms with Crippen molar-refractivity contribution in [1.29, 1.82) is 0 Å². The van der Waals surface area contributed by atoms with Crippen LogP contribution < -0.4 is 0 Å². The molecule has 0 unspecified atom stereocenters. The Balaban J connectivity index is 1.87. The first-order chi connectivity index (χ1) is 8.77. The number of rotatable bonds is 3. The van der Waals surface area contributed by atoms with Crippen molar-refractivity contribution in [3.63, 3.8) is 0 Å². The third-order valence-corrected chi connectivity index (χ3v) is 3.77. The highest BCUT2D eigenvalue weighted by atomic mass is 16.2. The number of nitrogens with zero attached hydrogens (tertiary/aromatic N) is 2. The fourth-order valence-electron chi connectivity index (χ4n) is 2.70. The van der Waals surface area contributed by atoms with E-state index in [1.54, 1.807) is 12.4 Å². The topological polar surface area (TPSA) is 49.0 Å². The second-order valence-electron chi connectivity index (χ2n) is 5.27. The number of imidazole rings is 1. The van der Waals surface area contributed by atoms with Crippen molar-refractivity contribution in [3.05, 3.63) is 18.2 Å². The molecular weight excluding hydrogens is 226 g/mol. The third-order valence-electron chi connectivity index (χ3n) is 3.77. The smallest absolute Gasteiger partial charge is 0.225 e. The summed E-state index contributed by atoms with van der Waals surface area (Å²) in [7, 11) is 1.88. The molecule has 1 aromatic rings. The maximum absolute atomic E-state index is 12.4. The molecule has 0 bridgehead atoms. The lowest BCUT2D eigenvalue weighted by Gasteiger charge is -2.24. The van der Waals surface area contributed by atoms with E-state index in [0.717, 1.165) is 18.7 Å². The molecule has 1 amide bonds. The molecule has 18 heavy (non-hydrogen) atoms. The van der Waals surface area contributed by atoms with Crippen molar-refractivity contribution in [3.8, 4) is 0 Å². The third kappa shape index (κ3) is 3.59. The Hall–Kier alpha value is -1.32. The van der Waals surface area contributed by atoms with Crippen molar-refractivity contribution < 1.29 is 4.79 Å². The number of amides is 1. The number of nitrogens with one attached hydrogen (secondary N) is 1. The molecule has 1 aliphatic carbocycles. The quantitative estimate of drug-likeness (QED) is 0.895. The molecule has 0 radical (unpaired) electrons. The average Bonchev–Trinajstić information content (AvgIpc) is 2.80. The van der Waals surface area contributed by atoms with E-state index in [9.17, 15) is 4.79 Å². The molecule has 0 atom stereocenters. The van der Waals surface area contributed by atoms with Crippen LogP contribution in [-0.2, 0) is 11.3 Å². The molecule has 0 spiro atoms. The van der Waals surface area contributed by atoms with Crippen LogP contribution in [0.1, 0.15) is 50.8 Å². The molecule has 1 saturated carbocycles. The molecule has 1 N–H and O–H groups in total. The molecule has 4 nitrogen and oxygen atoms in total. The average molecular weight is 249 g/mol. The monoisotopic (exact) mass is 249 g/mol. The summed E-state index contributed by atoms with van der Waals surface area (Å²) in [5, 5.41) is 0. The number of hydrogen-bond acceptors (Lipinski definition) is 2. The maximum atomic E-state index is 12.4. The van der Waals surface area contributed by atoms with Crippen LogP contribution in [0.5, 0.6) is 0 Å². The first-order valence-corrected chi connectivity index (χ1v) is 7.00. The van der Waals surface area contributed by atoms with E-state index >= 15 is 0 Å². The highest BCUT2D eigenvalue weighted by Gasteiger charge is 2.22. The van der Waals surface area contributed by atoms with Gasteiger partial charge in [-0.25, -0.2) is 4.98 Å². The zero-order chi connectivity index (χ0) is 12.8. The minimum absolute atomic E-state index is 0.227. The predicted octanol–water partition coefficient (Wildman–Crippen LogP) is 2.73. The van der Waals surface area contributed by atoms with E-state index in [2.05, 4.69) is 9.97 Å². The Morgan fingerprint density at radius 1 is 1.33 bits per heavy atom. The van der Waals surface area contributed by atoms with Gasteiger partial charge in [0.05, 0.1) is 6.54 Å². The fourth-order valence-corrected chi connectivity index (χ4v) is 2.70. The Kier molecular flexibility index (Phi) is 4.79. The predicted molar refractivity (Wildman–Crippen MR) is 70.9 cm³/mol. The van der Waals surface area contributed by atoms with E-state index in [4.69, 9.17) is 0 Å². The Morgan fingerprint density at radius 3 is 2.61 bits per heavy atom. The zero-order valence-corrected chi connectivity index (χ0v) is 11.2. The molecular formula is C14H23N3O. The van der Waals surface area contributed by atoms with E-state index < -0.39 is 0 Å². The number of H-pyrrole nitrogens is 1. The number of aromatic nitrogens is 2. The van der Waals surface area contributed by atoms with Crippen molar-refractivity contribution in [1.82, 2.24) is 14.9 Å². The van der Waals surface area contributed by atoms with Crippen LogP contribution >= 0.6 is 0 Å². The molecule has 0 saturated heterocycles. The lowest BCUT2D eigenvalue weighted by atomic mass is 9.90. The number of hydrogen-bond donors (Lipinski definition) is 1. The summed E-state index contributed by atoms with van der Waals surface area (Å²) in [6, 6.07) is 0. The first-order valence-electron chi connectivity index (χ1n) is 7.00. The zero-order valence-electron chi connectivity index (χ0n) is 11.2. The van der Waals surface area contributed by atoms with Gasteiger partial charge in [-0.3, -0.25) is 4.79 Å². The van der Waals surface area contributed by atoms with Gasteiger partial charge in [-0.05, 0) is 12.8 Å². The van der Waals surface area contributed by atoms with Crippen LogP contribution in [0.15, 0.2) is 12.4 Å². The van der Waals surface area contributed by atoms with Crippen LogP contribution in [0.2, 0.25) is 0 Å². The summed E-state index contributed by atoms with van der Waals surface area (Å²) in [5.41, 5.74) is 0. The SMILES string of the molecule is CN(Cc1ncc[nH]1)C(=O)C1CCCCCCC1. The van der Waals surface area contributed by atoms with Crippen molar-refractivity contribution >= 4 is 5.91 Å². The molecule has 1 fully saturated rings. The van der Waals surface area contributed by atoms with Gasteiger partial charge < -0.3 is 9.88 Å². The summed E-state index contributed by atoms with van der Waals surface area (Å²) in [5.74, 6) is 1.37. The standard InChI is InChI=1S/C14H23N3O/c1-17(11-13-15-9-10-16-13)14(18)12-7-5-3-2-4-6-8-12/h9-10,12H,2-8,11H2,1H3,(H,15,16). The molecule has 0 aliphatic heterocycles. The highest BCUT2D eigenvalue weighted by Crippen LogP contribution is 2.24. The lowest BCUT2D eigenvalue weighted by Crippen LogP contribution is -2.33. The summed E-state index contributed by atoms with van der Waals surface area (Å²) >= 11 is 0.